The van der Waals surface area contributed by atoms with E-state index in [9.17, 15) is 4.79 Å². The van der Waals surface area contributed by atoms with Gasteiger partial charge in [-0.05, 0) is 32.1 Å². The highest BCUT2D eigenvalue weighted by molar-refractivity contribution is 7.18. The minimum Gasteiger partial charge on any atom is -0.382 e. The van der Waals surface area contributed by atoms with Crippen LogP contribution in [0, 0.1) is 5.92 Å². The molecule has 0 aromatic carbocycles. The van der Waals surface area contributed by atoms with Crippen LogP contribution in [-0.4, -0.2) is 37.2 Å². The number of nitrogen functional groups attached to an aromatic ring is 1. The van der Waals surface area contributed by atoms with Gasteiger partial charge in [-0.25, -0.2) is 4.98 Å². The number of rotatable bonds is 9. The van der Waals surface area contributed by atoms with E-state index in [1.54, 1.807) is 0 Å². The molecule has 0 unspecified atom stereocenters. The highest BCUT2D eigenvalue weighted by Crippen LogP contribution is 2.28. The summed E-state index contributed by atoms with van der Waals surface area (Å²) in [5, 5.41) is 6.58. The Morgan fingerprint density at radius 2 is 2.35 bits per heavy atom. The first kappa shape index (κ1) is 15.1. The van der Waals surface area contributed by atoms with Gasteiger partial charge in [0.25, 0.3) is 5.91 Å². The fourth-order valence-electron chi connectivity index (χ4n) is 1.71. The van der Waals surface area contributed by atoms with Crippen LogP contribution >= 0.6 is 11.3 Å². The monoisotopic (exact) mass is 298 g/mol. The number of hydrogen-bond acceptors (Lipinski definition) is 6. The molecule has 20 heavy (non-hydrogen) atoms. The number of anilines is 2. The molecular formula is C13H22N4O2S. The number of nitrogens with two attached hydrogens (primary N) is 1. The molecule has 1 aliphatic carbocycles. The lowest BCUT2D eigenvalue weighted by atomic mass is 10.4. The van der Waals surface area contributed by atoms with Gasteiger partial charge in [0.05, 0.1) is 0 Å². The third-order valence-corrected chi connectivity index (χ3v) is 4.02. The normalized spacial score (nSPS) is 14.2. The largest absolute Gasteiger partial charge is 0.382 e. The van der Waals surface area contributed by atoms with Crippen molar-refractivity contribution in [3.05, 3.63) is 4.88 Å². The Morgan fingerprint density at radius 3 is 3.05 bits per heavy atom. The van der Waals surface area contributed by atoms with Gasteiger partial charge in [0.1, 0.15) is 10.7 Å². The summed E-state index contributed by atoms with van der Waals surface area (Å²) < 4.78 is 5.51. The van der Waals surface area contributed by atoms with Gasteiger partial charge in [-0.3, -0.25) is 4.79 Å². The van der Waals surface area contributed by atoms with Crippen LogP contribution in [-0.2, 0) is 4.74 Å². The molecule has 0 bridgehead atoms. The predicted molar refractivity (Wildman–Crippen MR) is 81.2 cm³/mol. The summed E-state index contributed by atoms with van der Waals surface area (Å²) in [4.78, 5) is 16.5. The molecule has 2 rings (SSSR count). The number of hydrogen-bond donors (Lipinski definition) is 3. The molecule has 7 heteroatoms. The van der Waals surface area contributed by atoms with E-state index in [1.807, 2.05) is 6.92 Å². The second-order valence-electron chi connectivity index (χ2n) is 4.89. The third-order valence-electron chi connectivity index (χ3n) is 2.99. The maximum Gasteiger partial charge on any atom is 0.265 e. The van der Waals surface area contributed by atoms with Crippen molar-refractivity contribution >= 4 is 28.2 Å². The predicted octanol–water partition coefficient (Wildman–Crippen LogP) is 1.70. The summed E-state index contributed by atoms with van der Waals surface area (Å²) >= 11 is 1.28. The van der Waals surface area contributed by atoms with Crippen molar-refractivity contribution in [2.24, 2.45) is 5.92 Å². The van der Waals surface area contributed by atoms with Crippen LogP contribution in [0.25, 0.3) is 0 Å². The van der Waals surface area contributed by atoms with Crippen molar-refractivity contribution in [1.29, 1.82) is 0 Å². The fourth-order valence-corrected chi connectivity index (χ4v) is 2.58. The minimum absolute atomic E-state index is 0.161. The first-order valence-corrected chi connectivity index (χ1v) is 7.88. The second-order valence-corrected chi connectivity index (χ2v) is 5.89. The van der Waals surface area contributed by atoms with Crippen molar-refractivity contribution in [1.82, 2.24) is 10.3 Å². The van der Waals surface area contributed by atoms with Gasteiger partial charge in [0.15, 0.2) is 5.13 Å². The fraction of sp³-hybridized carbons (Fsp3) is 0.692. The smallest absolute Gasteiger partial charge is 0.265 e. The lowest BCUT2D eigenvalue weighted by molar-refractivity contribution is 0.0942. The zero-order valence-electron chi connectivity index (χ0n) is 11.8. The molecule has 4 N–H and O–H groups in total. The Labute approximate surface area is 123 Å². The number of thiazole rings is 1. The number of nitrogens with one attached hydrogen (secondary N) is 2. The van der Waals surface area contributed by atoms with Gasteiger partial charge >= 0.3 is 0 Å². The van der Waals surface area contributed by atoms with Crippen LogP contribution in [0.4, 0.5) is 10.9 Å². The molecule has 1 aromatic rings. The highest BCUT2D eigenvalue weighted by atomic mass is 32.1. The first-order valence-electron chi connectivity index (χ1n) is 7.06. The molecule has 1 fully saturated rings. The molecule has 0 saturated heterocycles. The number of nitrogens with zero attached hydrogens (tertiary/aromatic N) is 1. The molecule has 6 nitrogen and oxygen atoms in total. The Morgan fingerprint density at radius 1 is 1.55 bits per heavy atom. The van der Waals surface area contributed by atoms with Gasteiger partial charge in [-0.2, -0.15) is 0 Å². The molecule has 1 amide bonds. The number of aromatic nitrogens is 1. The zero-order valence-corrected chi connectivity index (χ0v) is 12.6. The maximum atomic E-state index is 11.9. The Bertz CT molecular complexity index is 446. The number of carbonyl (C=O) groups excluding carboxylic acids is 1. The van der Waals surface area contributed by atoms with Gasteiger partial charge in [0, 0.05) is 26.3 Å². The molecule has 0 atom stereocenters. The van der Waals surface area contributed by atoms with Crippen LogP contribution in [0.2, 0.25) is 0 Å². The standard InChI is InChI=1S/C13H22N4O2S/c1-2-15-13-17-11(14)10(20-13)12(18)16-6-3-7-19-8-9-4-5-9/h9H,2-8,14H2,1H3,(H,15,17)(H,16,18). The van der Waals surface area contributed by atoms with Gasteiger partial charge < -0.3 is 21.1 Å². The average molecular weight is 298 g/mol. The van der Waals surface area contributed by atoms with Gasteiger partial charge in [-0.15, -0.1) is 0 Å². The van der Waals surface area contributed by atoms with E-state index in [2.05, 4.69) is 15.6 Å². The summed E-state index contributed by atoms with van der Waals surface area (Å²) in [6.07, 6.45) is 3.42. The quantitative estimate of drug-likeness (QED) is 0.604. The summed E-state index contributed by atoms with van der Waals surface area (Å²) in [6, 6.07) is 0. The van der Waals surface area contributed by atoms with Crippen molar-refractivity contribution in [3.8, 4) is 0 Å². The highest BCUT2D eigenvalue weighted by Gasteiger charge is 2.21. The Kier molecular flexibility index (Phi) is 5.60. The van der Waals surface area contributed by atoms with E-state index < -0.39 is 0 Å². The van der Waals surface area contributed by atoms with E-state index >= 15 is 0 Å². The number of ether oxygens (including phenoxy) is 1. The number of amides is 1. The molecule has 1 saturated carbocycles. The summed E-state index contributed by atoms with van der Waals surface area (Å²) in [5.74, 6) is 0.908. The second kappa shape index (κ2) is 7.44. The summed E-state index contributed by atoms with van der Waals surface area (Å²) in [6.45, 7) is 4.88. The minimum atomic E-state index is -0.161. The Balaban J connectivity index is 1.65. The summed E-state index contributed by atoms with van der Waals surface area (Å²) in [7, 11) is 0. The zero-order chi connectivity index (χ0) is 14.4. The van der Waals surface area contributed by atoms with Gasteiger partial charge in [-0.1, -0.05) is 11.3 Å². The average Bonchev–Trinajstić information content (AvgIpc) is 3.17. The van der Waals surface area contributed by atoms with Gasteiger partial charge in [0.2, 0.25) is 0 Å². The van der Waals surface area contributed by atoms with E-state index in [-0.39, 0.29) is 11.7 Å². The van der Waals surface area contributed by atoms with Crippen LogP contribution < -0.4 is 16.4 Å². The molecule has 112 valence electrons. The molecule has 1 heterocycles. The number of carbonyl (C=O) groups is 1. The van der Waals surface area contributed by atoms with Crippen LogP contribution in [0.15, 0.2) is 0 Å². The molecular weight excluding hydrogens is 276 g/mol. The van der Waals surface area contributed by atoms with E-state index in [1.165, 1.54) is 24.2 Å². The SMILES string of the molecule is CCNc1nc(N)c(C(=O)NCCCOCC2CC2)s1. The summed E-state index contributed by atoms with van der Waals surface area (Å²) in [5.41, 5.74) is 5.74. The van der Waals surface area contributed by atoms with Crippen molar-refractivity contribution in [2.45, 2.75) is 26.2 Å². The van der Waals surface area contributed by atoms with Crippen molar-refractivity contribution < 1.29 is 9.53 Å². The van der Waals surface area contributed by atoms with Crippen molar-refractivity contribution in [2.75, 3.05) is 37.4 Å². The van der Waals surface area contributed by atoms with E-state index in [0.29, 0.717) is 23.2 Å². The molecule has 0 aliphatic heterocycles. The lowest BCUT2D eigenvalue weighted by Crippen LogP contribution is -2.25. The van der Waals surface area contributed by atoms with E-state index in [4.69, 9.17) is 10.5 Å². The van der Waals surface area contributed by atoms with Crippen LogP contribution in [0.3, 0.4) is 0 Å². The van der Waals surface area contributed by atoms with Crippen LogP contribution in [0.5, 0.6) is 0 Å². The first-order chi connectivity index (χ1) is 9.70. The maximum absolute atomic E-state index is 11.9. The lowest BCUT2D eigenvalue weighted by Gasteiger charge is -2.05. The van der Waals surface area contributed by atoms with Crippen molar-refractivity contribution in [3.63, 3.8) is 0 Å². The van der Waals surface area contributed by atoms with E-state index in [0.717, 1.165) is 25.5 Å². The Hall–Kier alpha value is -1.34. The molecule has 1 aliphatic rings. The molecule has 0 radical (unpaired) electrons. The topological polar surface area (TPSA) is 89.3 Å². The molecule has 0 spiro atoms. The molecule has 1 aromatic heterocycles. The van der Waals surface area contributed by atoms with Crippen LogP contribution in [0.1, 0.15) is 35.9 Å². The third kappa shape index (κ3) is 4.64.